The molecular weight excluding hydrogens is 264 g/mol. The molecule has 1 atom stereocenters. The van der Waals surface area contributed by atoms with Crippen molar-refractivity contribution >= 4 is 16.8 Å². The second-order valence-electron chi connectivity index (χ2n) is 5.56. The number of amides is 1. The number of aromatic nitrogens is 1. The van der Waals surface area contributed by atoms with E-state index in [1.165, 1.54) is 0 Å². The zero-order valence-electron chi connectivity index (χ0n) is 12.8. The monoisotopic (exact) mass is 286 g/mol. The third kappa shape index (κ3) is 3.79. The third-order valence-corrected chi connectivity index (χ3v) is 3.58. The molecule has 0 spiro atoms. The van der Waals surface area contributed by atoms with Gasteiger partial charge in [-0.1, -0.05) is 12.1 Å². The summed E-state index contributed by atoms with van der Waals surface area (Å²) in [7, 11) is 0. The van der Waals surface area contributed by atoms with Gasteiger partial charge in [0.15, 0.2) is 0 Å². The van der Waals surface area contributed by atoms with Crippen molar-refractivity contribution in [2.45, 2.75) is 39.7 Å². The van der Waals surface area contributed by atoms with Gasteiger partial charge in [-0.05, 0) is 51.3 Å². The smallest absolute Gasteiger partial charge is 0.253 e. The number of benzene rings is 1. The Hall–Kier alpha value is -1.94. The van der Waals surface area contributed by atoms with Crippen LogP contribution in [0, 0.1) is 13.8 Å². The molecule has 1 heterocycles. The quantitative estimate of drug-likeness (QED) is 0.888. The Balaban J connectivity index is 2.23. The fraction of sp³-hybridized carbons (Fsp3) is 0.412. The zero-order valence-corrected chi connectivity index (χ0v) is 12.8. The number of carbonyl (C=O) groups excluding carboxylic acids is 1. The van der Waals surface area contributed by atoms with E-state index in [4.69, 9.17) is 5.11 Å². The summed E-state index contributed by atoms with van der Waals surface area (Å²) in [6.07, 6.45) is 1.46. The van der Waals surface area contributed by atoms with Crippen molar-refractivity contribution in [3.8, 4) is 0 Å². The van der Waals surface area contributed by atoms with E-state index in [0.717, 1.165) is 28.6 Å². The highest BCUT2D eigenvalue weighted by Gasteiger charge is 2.14. The molecule has 0 aliphatic heterocycles. The number of carbonyl (C=O) groups is 1. The lowest BCUT2D eigenvalue weighted by Gasteiger charge is -2.14. The minimum absolute atomic E-state index is 0.0396. The Morgan fingerprint density at radius 3 is 2.81 bits per heavy atom. The minimum Gasteiger partial charge on any atom is -0.396 e. The fourth-order valence-electron chi connectivity index (χ4n) is 2.37. The fourth-order valence-corrected chi connectivity index (χ4v) is 2.37. The van der Waals surface area contributed by atoms with Crippen molar-refractivity contribution in [3.05, 3.63) is 41.1 Å². The average Bonchev–Trinajstić information content (AvgIpc) is 2.44. The number of hydrogen-bond donors (Lipinski definition) is 2. The molecule has 0 saturated heterocycles. The van der Waals surface area contributed by atoms with E-state index < -0.39 is 0 Å². The van der Waals surface area contributed by atoms with Crippen molar-refractivity contribution in [2.24, 2.45) is 0 Å². The maximum atomic E-state index is 12.3. The predicted molar refractivity (Wildman–Crippen MR) is 84.5 cm³/mol. The molecule has 0 aliphatic rings. The van der Waals surface area contributed by atoms with E-state index in [2.05, 4.69) is 10.3 Å². The molecule has 2 rings (SSSR count). The van der Waals surface area contributed by atoms with Gasteiger partial charge in [-0.25, -0.2) is 0 Å². The van der Waals surface area contributed by atoms with Crippen LogP contribution in [0.3, 0.4) is 0 Å². The van der Waals surface area contributed by atoms with Gasteiger partial charge in [0, 0.05) is 18.0 Å². The second kappa shape index (κ2) is 6.68. The molecule has 0 aliphatic carbocycles. The van der Waals surface area contributed by atoms with Gasteiger partial charge in [-0.15, -0.1) is 0 Å². The van der Waals surface area contributed by atoms with Crippen molar-refractivity contribution in [2.75, 3.05) is 6.61 Å². The zero-order chi connectivity index (χ0) is 15.4. The number of nitrogens with zero attached hydrogens (tertiary/aromatic N) is 1. The van der Waals surface area contributed by atoms with Gasteiger partial charge in [0.1, 0.15) is 0 Å². The molecular formula is C17H22N2O2. The number of nitrogens with one attached hydrogen (secondary N) is 1. The molecule has 1 aromatic heterocycles. The number of fused-ring (bicyclic) bond motifs is 1. The summed E-state index contributed by atoms with van der Waals surface area (Å²) in [4.78, 5) is 16.9. The Kier molecular flexibility index (Phi) is 4.91. The highest BCUT2D eigenvalue weighted by atomic mass is 16.3. The molecule has 21 heavy (non-hydrogen) atoms. The molecule has 0 radical (unpaired) electrons. The number of aryl methyl sites for hydroxylation is 2. The van der Waals surface area contributed by atoms with Gasteiger partial charge in [0.25, 0.3) is 5.91 Å². The number of pyridine rings is 1. The topological polar surface area (TPSA) is 62.2 Å². The lowest BCUT2D eigenvalue weighted by Crippen LogP contribution is -2.33. The molecule has 0 fully saturated rings. The largest absolute Gasteiger partial charge is 0.396 e. The lowest BCUT2D eigenvalue weighted by molar-refractivity contribution is 0.0935. The molecule has 2 aromatic rings. The van der Waals surface area contributed by atoms with Crippen molar-refractivity contribution in [3.63, 3.8) is 0 Å². The summed E-state index contributed by atoms with van der Waals surface area (Å²) >= 11 is 0. The molecule has 1 aromatic carbocycles. The molecule has 2 N–H and O–H groups in total. The molecule has 1 amide bonds. The van der Waals surface area contributed by atoms with Crippen LogP contribution in [-0.2, 0) is 0 Å². The van der Waals surface area contributed by atoms with Gasteiger partial charge in [-0.3, -0.25) is 9.78 Å². The summed E-state index contributed by atoms with van der Waals surface area (Å²) in [5.74, 6) is -0.104. The predicted octanol–water partition coefficient (Wildman–Crippen LogP) is 2.74. The highest BCUT2D eigenvalue weighted by Crippen LogP contribution is 2.18. The summed E-state index contributed by atoms with van der Waals surface area (Å²) in [6, 6.07) is 7.96. The van der Waals surface area contributed by atoms with E-state index in [0.29, 0.717) is 12.0 Å². The number of rotatable bonds is 5. The summed E-state index contributed by atoms with van der Waals surface area (Å²) in [6.45, 7) is 5.98. The first-order valence-electron chi connectivity index (χ1n) is 7.31. The molecule has 4 nitrogen and oxygen atoms in total. The maximum absolute atomic E-state index is 12.3. The van der Waals surface area contributed by atoms with Gasteiger partial charge in [0.05, 0.1) is 16.8 Å². The maximum Gasteiger partial charge on any atom is 0.253 e. The Morgan fingerprint density at radius 2 is 2.10 bits per heavy atom. The molecule has 4 heteroatoms. The van der Waals surface area contributed by atoms with E-state index in [1.54, 1.807) is 0 Å². The van der Waals surface area contributed by atoms with Crippen LogP contribution in [0.2, 0.25) is 0 Å². The number of hydrogen-bond acceptors (Lipinski definition) is 3. The normalized spacial score (nSPS) is 12.4. The Morgan fingerprint density at radius 1 is 1.33 bits per heavy atom. The number of aliphatic hydroxyl groups is 1. The van der Waals surface area contributed by atoms with Crippen molar-refractivity contribution in [1.29, 1.82) is 0 Å². The van der Waals surface area contributed by atoms with Crippen LogP contribution < -0.4 is 5.32 Å². The first-order valence-corrected chi connectivity index (χ1v) is 7.31. The van der Waals surface area contributed by atoms with Gasteiger partial charge in [-0.2, -0.15) is 0 Å². The summed E-state index contributed by atoms with van der Waals surface area (Å²) in [5.41, 5.74) is 3.42. The van der Waals surface area contributed by atoms with Crippen LogP contribution in [0.4, 0.5) is 0 Å². The number of aliphatic hydroxyl groups excluding tert-OH is 1. The SMILES string of the molecule is Cc1ccc2cc(C(=O)NC(C)CCCO)c(C)nc2c1. The van der Waals surface area contributed by atoms with Gasteiger partial charge >= 0.3 is 0 Å². The van der Waals surface area contributed by atoms with E-state index in [1.807, 2.05) is 45.0 Å². The van der Waals surface area contributed by atoms with E-state index >= 15 is 0 Å². The second-order valence-corrected chi connectivity index (χ2v) is 5.56. The molecule has 0 bridgehead atoms. The van der Waals surface area contributed by atoms with Crippen LogP contribution in [0.5, 0.6) is 0 Å². The summed E-state index contributed by atoms with van der Waals surface area (Å²) < 4.78 is 0. The molecule has 1 unspecified atom stereocenters. The Bertz CT molecular complexity index is 653. The Labute approximate surface area is 125 Å². The van der Waals surface area contributed by atoms with Crippen molar-refractivity contribution < 1.29 is 9.90 Å². The highest BCUT2D eigenvalue weighted by molar-refractivity contribution is 5.98. The van der Waals surface area contributed by atoms with Gasteiger partial charge in [0.2, 0.25) is 0 Å². The minimum atomic E-state index is -0.104. The summed E-state index contributed by atoms with van der Waals surface area (Å²) in [5, 5.41) is 12.8. The van der Waals surface area contributed by atoms with Crippen LogP contribution >= 0.6 is 0 Å². The van der Waals surface area contributed by atoms with Crippen molar-refractivity contribution in [1.82, 2.24) is 10.3 Å². The van der Waals surface area contributed by atoms with Crippen LogP contribution in [-0.4, -0.2) is 28.6 Å². The molecule has 0 saturated carbocycles. The molecule has 112 valence electrons. The van der Waals surface area contributed by atoms with Crippen LogP contribution in [0.1, 0.15) is 41.4 Å². The van der Waals surface area contributed by atoms with E-state index in [9.17, 15) is 4.79 Å². The lowest BCUT2D eigenvalue weighted by atomic mass is 10.1. The third-order valence-electron chi connectivity index (χ3n) is 3.58. The first-order chi connectivity index (χ1) is 10.0. The standard InChI is InChI=1S/C17H22N2O2/c1-11-6-7-14-10-15(13(3)19-16(14)9-11)17(21)18-12(2)5-4-8-20/h6-7,9-10,12,20H,4-5,8H2,1-3H3,(H,18,21). The van der Waals surface area contributed by atoms with Gasteiger partial charge < -0.3 is 10.4 Å². The van der Waals surface area contributed by atoms with E-state index in [-0.39, 0.29) is 18.6 Å². The van der Waals surface area contributed by atoms with Crippen LogP contribution in [0.25, 0.3) is 10.9 Å². The first kappa shape index (κ1) is 15.4. The average molecular weight is 286 g/mol. The van der Waals surface area contributed by atoms with Crippen LogP contribution in [0.15, 0.2) is 24.3 Å².